The standard InChI is InChI=1S/C13H20N2O2S/c1-17-12-6-4-3-5-10(12)9-15-13(16)11(14)7-8-18-2/h3-6,11H,7-9,14H2,1-2H3,(H,15,16). The summed E-state index contributed by atoms with van der Waals surface area (Å²) >= 11 is 1.69. The van der Waals surface area contributed by atoms with Gasteiger partial charge in [0.1, 0.15) is 5.75 Å². The molecule has 0 aliphatic heterocycles. The van der Waals surface area contributed by atoms with Gasteiger partial charge in [0.2, 0.25) is 5.91 Å². The summed E-state index contributed by atoms with van der Waals surface area (Å²) in [5, 5.41) is 2.83. The van der Waals surface area contributed by atoms with Gasteiger partial charge in [-0.05, 0) is 24.5 Å². The van der Waals surface area contributed by atoms with E-state index in [2.05, 4.69) is 5.32 Å². The fourth-order valence-electron chi connectivity index (χ4n) is 1.54. The Morgan fingerprint density at radius 2 is 2.22 bits per heavy atom. The highest BCUT2D eigenvalue weighted by Crippen LogP contribution is 2.16. The number of benzene rings is 1. The largest absolute Gasteiger partial charge is 0.496 e. The lowest BCUT2D eigenvalue weighted by atomic mass is 10.2. The highest BCUT2D eigenvalue weighted by atomic mass is 32.2. The van der Waals surface area contributed by atoms with Crippen LogP contribution in [-0.4, -0.2) is 31.1 Å². The second-order valence-electron chi connectivity index (χ2n) is 3.92. The van der Waals surface area contributed by atoms with Crippen LogP contribution in [0.3, 0.4) is 0 Å². The summed E-state index contributed by atoms with van der Waals surface area (Å²) in [5.41, 5.74) is 6.73. The molecule has 0 saturated heterocycles. The summed E-state index contributed by atoms with van der Waals surface area (Å²) < 4.78 is 5.22. The van der Waals surface area contributed by atoms with E-state index in [-0.39, 0.29) is 5.91 Å². The molecule has 1 rings (SSSR count). The third kappa shape index (κ3) is 4.58. The maximum atomic E-state index is 11.7. The SMILES string of the molecule is COc1ccccc1CNC(=O)C(N)CCSC. The molecule has 0 aliphatic carbocycles. The second kappa shape index (κ2) is 8.00. The van der Waals surface area contributed by atoms with Crippen molar-refractivity contribution < 1.29 is 9.53 Å². The number of nitrogens with two attached hydrogens (primary N) is 1. The molecule has 1 aromatic carbocycles. The predicted molar refractivity (Wildman–Crippen MR) is 75.8 cm³/mol. The minimum Gasteiger partial charge on any atom is -0.496 e. The first-order chi connectivity index (χ1) is 8.69. The molecule has 1 atom stereocenters. The van der Waals surface area contributed by atoms with E-state index in [4.69, 9.17) is 10.5 Å². The van der Waals surface area contributed by atoms with Gasteiger partial charge in [0.25, 0.3) is 0 Å². The molecule has 0 spiro atoms. The topological polar surface area (TPSA) is 64.3 Å². The molecule has 100 valence electrons. The van der Waals surface area contributed by atoms with Gasteiger partial charge in [-0.15, -0.1) is 0 Å². The zero-order chi connectivity index (χ0) is 13.4. The number of hydrogen-bond acceptors (Lipinski definition) is 4. The van der Waals surface area contributed by atoms with Crippen LogP contribution >= 0.6 is 11.8 Å². The third-order valence-electron chi connectivity index (χ3n) is 2.62. The van der Waals surface area contributed by atoms with Crippen LogP contribution in [0, 0.1) is 0 Å². The average molecular weight is 268 g/mol. The molecule has 0 aliphatic rings. The molecule has 0 bridgehead atoms. The molecular weight excluding hydrogens is 248 g/mol. The van der Waals surface area contributed by atoms with Gasteiger partial charge in [0.05, 0.1) is 13.2 Å². The minimum atomic E-state index is -0.438. The number of carbonyl (C=O) groups excluding carboxylic acids is 1. The first kappa shape index (κ1) is 14.9. The smallest absolute Gasteiger partial charge is 0.237 e. The molecular formula is C13H20N2O2S. The van der Waals surface area contributed by atoms with Crippen molar-refractivity contribution in [3.63, 3.8) is 0 Å². The number of rotatable bonds is 7. The molecule has 1 amide bonds. The number of methoxy groups -OCH3 is 1. The predicted octanol–water partition coefficient (Wildman–Crippen LogP) is 1.39. The van der Waals surface area contributed by atoms with Gasteiger partial charge >= 0.3 is 0 Å². The van der Waals surface area contributed by atoms with Crippen LogP contribution in [-0.2, 0) is 11.3 Å². The van der Waals surface area contributed by atoms with Crippen LogP contribution in [0.1, 0.15) is 12.0 Å². The lowest BCUT2D eigenvalue weighted by Crippen LogP contribution is -2.40. The number of nitrogens with one attached hydrogen (secondary N) is 1. The zero-order valence-electron chi connectivity index (χ0n) is 10.8. The van der Waals surface area contributed by atoms with Crippen molar-refractivity contribution in [3.8, 4) is 5.75 Å². The number of hydrogen-bond donors (Lipinski definition) is 2. The van der Waals surface area contributed by atoms with E-state index in [1.807, 2.05) is 30.5 Å². The van der Waals surface area contributed by atoms with Gasteiger partial charge in [-0.3, -0.25) is 4.79 Å². The summed E-state index contributed by atoms with van der Waals surface area (Å²) in [5.74, 6) is 1.55. The van der Waals surface area contributed by atoms with Crippen molar-refractivity contribution in [2.24, 2.45) is 5.73 Å². The van der Waals surface area contributed by atoms with Crippen molar-refractivity contribution in [1.29, 1.82) is 0 Å². The highest BCUT2D eigenvalue weighted by molar-refractivity contribution is 7.98. The van der Waals surface area contributed by atoms with E-state index in [1.54, 1.807) is 18.9 Å². The monoisotopic (exact) mass is 268 g/mol. The Labute approximate surface area is 112 Å². The highest BCUT2D eigenvalue weighted by Gasteiger charge is 2.12. The number of para-hydroxylation sites is 1. The Kier molecular flexibility index (Phi) is 6.60. The molecule has 0 fully saturated rings. The van der Waals surface area contributed by atoms with E-state index < -0.39 is 6.04 Å². The average Bonchev–Trinajstić information content (AvgIpc) is 2.42. The number of carbonyl (C=O) groups is 1. The van der Waals surface area contributed by atoms with Gasteiger partial charge in [-0.25, -0.2) is 0 Å². The number of thioether (sulfide) groups is 1. The molecule has 0 aromatic heterocycles. The van der Waals surface area contributed by atoms with Gasteiger partial charge in [-0.1, -0.05) is 18.2 Å². The minimum absolute atomic E-state index is 0.116. The lowest BCUT2D eigenvalue weighted by Gasteiger charge is -2.13. The Bertz CT molecular complexity index is 385. The van der Waals surface area contributed by atoms with Crippen LogP contribution in [0.2, 0.25) is 0 Å². The third-order valence-corrected chi connectivity index (χ3v) is 3.26. The first-order valence-corrected chi connectivity index (χ1v) is 7.22. The van der Waals surface area contributed by atoms with Crippen LogP contribution in [0.15, 0.2) is 24.3 Å². The number of amides is 1. The summed E-state index contributed by atoms with van der Waals surface area (Å²) in [6, 6.07) is 7.17. The van der Waals surface area contributed by atoms with Crippen molar-refractivity contribution in [3.05, 3.63) is 29.8 Å². The van der Waals surface area contributed by atoms with E-state index in [1.165, 1.54) is 0 Å². The first-order valence-electron chi connectivity index (χ1n) is 5.83. The molecule has 0 radical (unpaired) electrons. The van der Waals surface area contributed by atoms with E-state index in [0.717, 1.165) is 17.1 Å². The van der Waals surface area contributed by atoms with Crippen molar-refractivity contribution in [2.75, 3.05) is 19.1 Å². The molecule has 1 unspecified atom stereocenters. The van der Waals surface area contributed by atoms with Crippen molar-refractivity contribution in [1.82, 2.24) is 5.32 Å². The Morgan fingerprint density at radius 1 is 1.50 bits per heavy atom. The van der Waals surface area contributed by atoms with Crippen molar-refractivity contribution in [2.45, 2.75) is 19.0 Å². The van der Waals surface area contributed by atoms with Gasteiger partial charge in [0, 0.05) is 12.1 Å². The fourth-order valence-corrected chi connectivity index (χ4v) is 2.03. The molecule has 0 heterocycles. The fraction of sp³-hybridized carbons (Fsp3) is 0.462. The Balaban J connectivity index is 2.46. The van der Waals surface area contributed by atoms with Crippen molar-refractivity contribution >= 4 is 17.7 Å². The van der Waals surface area contributed by atoms with E-state index in [0.29, 0.717) is 13.0 Å². The Hall–Kier alpha value is -1.20. The maximum absolute atomic E-state index is 11.7. The number of ether oxygens (including phenoxy) is 1. The molecule has 5 heteroatoms. The molecule has 1 aromatic rings. The summed E-state index contributed by atoms with van der Waals surface area (Å²) in [4.78, 5) is 11.7. The molecule has 4 nitrogen and oxygen atoms in total. The van der Waals surface area contributed by atoms with Gasteiger partial charge < -0.3 is 15.8 Å². The second-order valence-corrected chi connectivity index (χ2v) is 4.90. The quantitative estimate of drug-likeness (QED) is 0.784. The van der Waals surface area contributed by atoms with Crippen LogP contribution < -0.4 is 15.8 Å². The molecule has 0 saturated carbocycles. The summed E-state index contributed by atoms with van der Waals surface area (Å²) in [6.45, 7) is 0.440. The summed E-state index contributed by atoms with van der Waals surface area (Å²) in [7, 11) is 1.62. The van der Waals surface area contributed by atoms with Crippen LogP contribution in [0.4, 0.5) is 0 Å². The van der Waals surface area contributed by atoms with E-state index >= 15 is 0 Å². The van der Waals surface area contributed by atoms with Gasteiger partial charge in [0.15, 0.2) is 0 Å². The van der Waals surface area contributed by atoms with Crippen LogP contribution in [0.25, 0.3) is 0 Å². The van der Waals surface area contributed by atoms with E-state index in [9.17, 15) is 4.79 Å². The van der Waals surface area contributed by atoms with Gasteiger partial charge in [-0.2, -0.15) is 11.8 Å². The normalized spacial score (nSPS) is 11.9. The molecule has 3 N–H and O–H groups in total. The van der Waals surface area contributed by atoms with Crippen LogP contribution in [0.5, 0.6) is 5.75 Å². The summed E-state index contributed by atoms with van der Waals surface area (Å²) in [6.07, 6.45) is 2.69. The lowest BCUT2D eigenvalue weighted by molar-refractivity contribution is -0.122. The zero-order valence-corrected chi connectivity index (χ0v) is 11.6. The Morgan fingerprint density at radius 3 is 2.89 bits per heavy atom. The maximum Gasteiger partial charge on any atom is 0.237 e. The molecule has 18 heavy (non-hydrogen) atoms.